The normalized spacial score (nSPS) is 20.5. The Hall–Kier alpha value is -1.51. The molecule has 9 heteroatoms. The molecular weight excluding hydrogens is 313 g/mol. The molecule has 2 fully saturated rings. The van der Waals surface area contributed by atoms with Crippen LogP contribution in [0.1, 0.15) is 19.3 Å². The number of piperidine rings is 1. The molecule has 0 aliphatic carbocycles. The Morgan fingerprint density at radius 3 is 2.04 bits per heavy atom. The number of alkyl halides is 3. The zero-order valence-electron chi connectivity index (χ0n) is 13.1. The van der Waals surface area contributed by atoms with Crippen molar-refractivity contribution in [2.45, 2.75) is 25.4 Å². The van der Waals surface area contributed by atoms with Crippen LogP contribution in [0.3, 0.4) is 0 Å². The van der Waals surface area contributed by atoms with Gasteiger partial charge < -0.3 is 15.1 Å². The number of halogens is 3. The van der Waals surface area contributed by atoms with E-state index in [1.165, 1.54) is 4.90 Å². The number of carbonyl (C=O) groups excluding carboxylic acids is 2. The first-order chi connectivity index (χ1) is 10.8. The molecule has 0 atom stereocenters. The molecule has 2 aliphatic heterocycles. The predicted octanol–water partition coefficient (Wildman–Crippen LogP) is 0.888. The monoisotopic (exact) mass is 336 g/mol. The Kier molecular flexibility index (Phi) is 6.09. The number of piperazine rings is 1. The summed E-state index contributed by atoms with van der Waals surface area (Å²) >= 11 is 0. The van der Waals surface area contributed by atoms with E-state index in [9.17, 15) is 22.8 Å². The van der Waals surface area contributed by atoms with Crippen LogP contribution in [-0.4, -0.2) is 85.2 Å². The topological polar surface area (TPSA) is 55.9 Å². The zero-order valence-corrected chi connectivity index (χ0v) is 13.1. The highest BCUT2D eigenvalue weighted by Gasteiger charge is 2.30. The maximum absolute atomic E-state index is 12.2. The van der Waals surface area contributed by atoms with Crippen LogP contribution in [0, 0.1) is 0 Å². The van der Waals surface area contributed by atoms with Gasteiger partial charge in [-0.15, -0.1) is 0 Å². The fraction of sp³-hybridized carbons (Fsp3) is 0.857. The third-order valence-corrected chi connectivity index (χ3v) is 4.17. The van der Waals surface area contributed by atoms with E-state index in [1.807, 2.05) is 15.1 Å². The summed E-state index contributed by atoms with van der Waals surface area (Å²) in [6.45, 7) is 2.26. The van der Waals surface area contributed by atoms with Crippen molar-refractivity contribution < 1.29 is 22.8 Å². The molecule has 1 N–H and O–H groups in total. The molecule has 2 rings (SSSR count). The summed E-state index contributed by atoms with van der Waals surface area (Å²) in [5.41, 5.74) is 0. The number of hydrogen-bond donors (Lipinski definition) is 1. The smallest absolute Gasteiger partial charge is 0.342 e. The third-order valence-electron chi connectivity index (χ3n) is 4.17. The number of nitrogens with zero attached hydrogens (tertiary/aromatic N) is 3. The molecule has 0 bridgehead atoms. The first-order valence-electron chi connectivity index (χ1n) is 7.95. The second-order valence-corrected chi connectivity index (χ2v) is 5.98. The first kappa shape index (κ1) is 17.8. The highest BCUT2D eigenvalue weighted by molar-refractivity contribution is 5.78. The van der Waals surface area contributed by atoms with E-state index in [0.717, 1.165) is 32.4 Å². The molecule has 132 valence electrons. The van der Waals surface area contributed by atoms with Gasteiger partial charge in [0.15, 0.2) is 0 Å². The van der Waals surface area contributed by atoms with E-state index in [1.54, 1.807) is 0 Å². The van der Waals surface area contributed by atoms with Crippen molar-refractivity contribution in [2.75, 3.05) is 52.4 Å². The van der Waals surface area contributed by atoms with Crippen LogP contribution in [0.5, 0.6) is 0 Å². The highest BCUT2D eigenvalue weighted by atomic mass is 19.4. The highest BCUT2D eigenvalue weighted by Crippen LogP contribution is 2.13. The van der Waals surface area contributed by atoms with Gasteiger partial charge in [-0.25, -0.2) is 4.79 Å². The minimum absolute atomic E-state index is 0.0969. The Labute approximate surface area is 133 Å². The molecule has 0 saturated carbocycles. The van der Waals surface area contributed by atoms with Gasteiger partial charge in [0, 0.05) is 39.3 Å². The Balaban J connectivity index is 1.69. The second-order valence-electron chi connectivity index (χ2n) is 5.98. The Morgan fingerprint density at radius 2 is 1.48 bits per heavy atom. The summed E-state index contributed by atoms with van der Waals surface area (Å²) in [5.74, 6) is 0.0969. The molecule has 0 unspecified atom stereocenters. The quantitative estimate of drug-likeness (QED) is 0.833. The molecule has 2 saturated heterocycles. The average Bonchev–Trinajstić information content (AvgIpc) is 2.53. The Bertz CT molecular complexity index is 417. The summed E-state index contributed by atoms with van der Waals surface area (Å²) in [4.78, 5) is 29.0. The Morgan fingerprint density at radius 1 is 0.870 bits per heavy atom. The van der Waals surface area contributed by atoms with Crippen LogP contribution in [0.15, 0.2) is 0 Å². The minimum atomic E-state index is -4.40. The molecule has 0 radical (unpaired) electrons. The molecule has 0 aromatic rings. The van der Waals surface area contributed by atoms with Gasteiger partial charge in [0.1, 0.15) is 6.54 Å². The number of nitrogens with one attached hydrogen (secondary N) is 1. The summed E-state index contributed by atoms with van der Waals surface area (Å²) < 4.78 is 36.2. The lowest BCUT2D eigenvalue weighted by Gasteiger charge is -2.36. The van der Waals surface area contributed by atoms with Crippen LogP contribution >= 0.6 is 0 Å². The van der Waals surface area contributed by atoms with Crippen molar-refractivity contribution in [3.8, 4) is 0 Å². The van der Waals surface area contributed by atoms with Crippen molar-refractivity contribution in [2.24, 2.45) is 0 Å². The van der Waals surface area contributed by atoms with Gasteiger partial charge >= 0.3 is 12.2 Å². The average molecular weight is 336 g/mol. The fourth-order valence-corrected chi connectivity index (χ4v) is 2.83. The van der Waals surface area contributed by atoms with Gasteiger partial charge in [0.2, 0.25) is 5.91 Å². The maximum atomic E-state index is 12.2. The van der Waals surface area contributed by atoms with Gasteiger partial charge in [-0.2, -0.15) is 13.2 Å². The number of rotatable bonds is 3. The van der Waals surface area contributed by atoms with Crippen LogP contribution in [0.4, 0.5) is 18.0 Å². The summed E-state index contributed by atoms with van der Waals surface area (Å²) in [6, 6.07) is -0.704. The van der Waals surface area contributed by atoms with Gasteiger partial charge in [-0.1, -0.05) is 0 Å². The van der Waals surface area contributed by atoms with Crippen molar-refractivity contribution in [3.63, 3.8) is 0 Å². The number of urea groups is 1. The number of likely N-dealkylation sites (tertiary alicyclic amines) is 1. The molecule has 23 heavy (non-hydrogen) atoms. The zero-order chi connectivity index (χ0) is 16.9. The summed E-state index contributed by atoms with van der Waals surface area (Å²) in [5, 5.41) is 1.87. The molecule has 2 aliphatic rings. The molecule has 0 aromatic carbocycles. The van der Waals surface area contributed by atoms with Gasteiger partial charge in [0.25, 0.3) is 0 Å². The van der Waals surface area contributed by atoms with E-state index in [2.05, 4.69) is 0 Å². The van der Waals surface area contributed by atoms with Crippen LogP contribution in [0.25, 0.3) is 0 Å². The van der Waals surface area contributed by atoms with E-state index < -0.39 is 18.8 Å². The lowest BCUT2D eigenvalue weighted by molar-refractivity contribution is -0.133. The van der Waals surface area contributed by atoms with Gasteiger partial charge in [-0.05, 0) is 19.3 Å². The number of hydrogen-bond acceptors (Lipinski definition) is 3. The molecule has 0 aromatic heterocycles. The largest absolute Gasteiger partial charge is 0.405 e. The van der Waals surface area contributed by atoms with E-state index in [4.69, 9.17) is 0 Å². The van der Waals surface area contributed by atoms with Crippen molar-refractivity contribution in [1.82, 2.24) is 20.0 Å². The van der Waals surface area contributed by atoms with Gasteiger partial charge in [0.05, 0.1) is 6.54 Å². The molecule has 3 amide bonds. The standard InChI is InChI=1S/C14H23F3N4O2/c15-14(16,17)11-18-13(23)21-8-6-19(7-9-21)10-12(22)20-4-2-1-3-5-20/h1-11H2,(H,18,23). The van der Waals surface area contributed by atoms with Crippen LogP contribution < -0.4 is 5.32 Å². The van der Waals surface area contributed by atoms with Crippen molar-refractivity contribution in [1.29, 1.82) is 0 Å². The molecule has 0 spiro atoms. The first-order valence-corrected chi connectivity index (χ1v) is 7.95. The number of amides is 3. The lowest BCUT2D eigenvalue weighted by atomic mass is 10.1. The third kappa shape index (κ3) is 5.89. The van der Waals surface area contributed by atoms with Crippen LogP contribution in [-0.2, 0) is 4.79 Å². The van der Waals surface area contributed by atoms with Crippen molar-refractivity contribution in [3.05, 3.63) is 0 Å². The van der Waals surface area contributed by atoms with E-state index in [0.29, 0.717) is 32.7 Å². The fourth-order valence-electron chi connectivity index (χ4n) is 2.83. The minimum Gasteiger partial charge on any atom is -0.342 e. The molecule has 2 heterocycles. The molecule has 6 nitrogen and oxygen atoms in total. The van der Waals surface area contributed by atoms with Gasteiger partial charge in [-0.3, -0.25) is 9.69 Å². The van der Waals surface area contributed by atoms with Crippen LogP contribution in [0.2, 0.25) is 0 Å². The second kappa shape index (κ2) is 7.85. The van der Waals surface area contributed by atoms with E-state index in [-0.39, 0.29) is 5.91 Å². The van der Waals surface area contributed by atoms with E-state index >= 15 is 0 Å². The maximum Gasteiger partial charge on any atom is 0.405 e. The lowest BCUT2D eigenvalue weighted by Crippen LogP contribution is -2.54. The molecular formula is C14H23F3N4O2. The number of carbonyl (C=O) groups is 2. The summed E-state index contributed by atoms with van der Waals surface area (Å²) in [7, 11) is 0. The van der Waals surface area contributed by atoms with Crippen molar-refractivity contribution >= 4 is 11.9 Å². The predicted molar refractivity (Wildman–Crippen MR) is 77.9 cm³/mol. The summed E-state index contributed by atoms with van der Waals surface area (Å²) in [6.07, 6.45) is -1.16. The SMILES string of the molecule is O=C(CN1CCN(C(=O)NCC(F)(F)F)CC1)N1CCCCC1.